The number of hydrogen-bond acceptors (Lipinski definition) is 5. The number of aromatic amines is 1. The van der Waals surface area contributed by atoms with E-state index in [0.29, 0.717) is 34.4 Å². The van der Waals surface area contributed by atoms with E-state index in [1.165, 1.54) is 0 Å². The highest BCUT2D eigenvalue weighted by atomic mass is 16.3. The van der Waals surface area contributed by atoms with Crippen LogP contribution in [0, 0.1) is 25.7 Å². The molecule has 3 aromatic heterocycles. The lowest BCUT2D eigenvalue weighted by atomic mass is 10.2. The molecule has 23 heavy (non-hydrogen) atoms. The average Bonchev–Trinajstić information content (AvgIpc) is 3.08. The Balaban J connectivity index is 1.98. The number of nitrogens with one attached hydrogen (secondary N) is 1. The van der Waals surface area contributed by atoms with Gasteiger partial charge in [-0.3, -0.25) is 0 Å². The van der Waals surface area contributed by atoms with Crippen LogP contribution >= 0.6 is 0 Å². The second kappa shape index (κ2) is 6.13. The summed E-state index contributed by atoms with van der Waals surface area (Å²) in [7, 11) is 0. The molecule has 0 spiro atoms. The molecule has 0 saturated heterocycles. The minimum atomic E-state index is 0.314. The Morgan fingerprint density at radius 2 is 2.09 bits per heavy atom. The number of rotatable bonds is 3. The van der Waals surface area contributed by atoms with Gasteiger partial charge in [-0.2, -0.15) is 0 Å². The van der Waals surface area contributed by atoms with Gasteiger partial charge in [-0.25, -0.2) is 15.0 Å². The fourth-order valence-electron chi connectivity index (χ4n) is 2.19. The van der Waals surface area contributed by atoms with E-state index in [-0.39, 0.29) is 0 Å². The molecule has 0 radical (unpaired) electrons. The Morgan fingerprint density at radius 1 is 1.26 bits per heavy atom. The summed E-state index contributed by atoms with van der Waals surface area (Å²) in [6.07, 6.45) is 3.06. The van der Waals surface area contributed by atoms with E-state index in [2.05, 4.69) is 38.7 Å². The van der Waals surface area contributed by atoms with Crippen molar-refractivity contribution in [1.82, 2.24) is 19.9 Å². The van der Waals surface area contributed by atoms with Crippen molar-refractivity contribution < 1.29 is 4.42 Å². The first-order valence-corrected chi connectivity index (χ1v) is 7.68. The van der Waals surface area contributed by atoms with E-state index < -0.39 is 0 Å². The minimum absolute atomic E-state index is 0.314. The summed E-state index contributed by atoms with van der Waals surface area (Å²) in [6.45, 7) is 6.02. The SMILES string of the molecule is CCCCC#Cc1nc2c(N)nc(-c3cc(C)c(C)o3)nc2[nH]1. The number of nitrogen functional groups attached to an aromatic ring is 1. The maximum atomic E-state index is 6.01. The number of imidazole rings is 1. The van der Waals surface area contributed by atoms with Crippen LogP contribution in [0.3, 0.4) is 0 Å². The minimum Gasteiger partial charge on any atom is -0.458 e. The highest BCUT2D eigenvalue weighted by molar-refractivity contribution is 5.83. The summed E-state index contributed by atoms with van der Waals surface area (Å²) in [5, 5.41) is 0. The monoisotopic (exact) mass is 309 g/mol. The fourth-order valence-corrected chi connectivity index (χ4v) is 2.19. The van der Waals surface area contributed by atoms with Crippen molar-refractivity contribution in [2.45, 2.75) is 40.0 Å². The first kappa shape index (κ1) is 15.1. The molecule has 0 aromatic carbocycles. The number of aryl methyl sites for hydroxylation is 2. The Kier molecular flexibility index (Phi) is 4.02. The second-order valence-corrected chi connectivity index (χ2v) is 5.47. The molecule has 0 saturated carbocycles. The lowest BCUT2D eigenvalue weighted by Gasteiger charge is -1.98. The molecule has 0 unspecified atom stereocenters. The smallest absolute Gasteiger partial charge is 0.199 e. The fraction of sp³-hybridized carbons (Fsp3) is 0.353. The van der Waals surface area contributed by atoms with E-state index in [9.17, 15) is 0 Å². The Morgan fingerprint density at radius 3 is 2.78 bits per heavy atom. The predicted octanol–water partition coefficient (Wildman–Crippen LogP) is 3.35. The van der Waals surface area contributed by atoms with Crippen LogP contribution in [0.15, 0.2) is 10.5 Å². The summed E-state index contributed by atoms with van der Waals surface area (Å²) < 4.78 is 5.66. The maximum absolute atomic E-state index is 6.01. The quantitative estimate of drug-likeness (QED) is 0.571. The molecular weight excluding hydrogens is 290 g/mol. The first-order valence-electron chi connectivity index (χ1n) is 7.68. The lowest BCUT2D eigenvalue weighted by molar-refractivity contribution is 0.542. The number of hydrogen-bond donors (Lipinski definition) is 2. The standard InChI is InChI=1S/C17H19N5O/c1-4-5-6-7-8-13-19-14-15(18)21-16(22-17(14)20-13)12-9-10(2)11(3)23-12/h9H,4-6H2,1-3H3,(H3,18,19,20,21,22). The van der Waals surface area contributed by atoms with Gasteiger partial charge in [-0.1, -0.05) is 19.3 Å². The van der Waals surface area contributed by atoms with Crippen molar-refractivity contribution in [3.05, 3.63) is 23.2 Å². The molecule has 3 N–H and O–H groups in total. The molecule has 3 aromatic rings. The van der Waals surface area contributed by atoms with Gasteiger partial charge in [0.2, 0.25) is 0 Å². The van der Waals surface area contributed by atoms with Gasteiger partial charge in [0.25, 0.3) is 0 Å². The molecule has 3 heterocycles. The number of unbranched alkanes of at least 4 members (excludes halogenated alkanes) is 2. The molecule has 6 heteroatoms. The summed E-state index contributed by atoms with van der Waals surface area (Å²) in [5.74, 6) is 8.85. The highest BCUT2D eigenvalue weighted by Crippen LogP contribution is 2.25. The van der Waals surface area contributed by atoms with Crippen LogP contribution in [-0.4, -0.2) is 19.9 Å². The molecule has 6 nitrogen and oxygen atoms in total. The molecule has 3 rings (SSSR count). The van der Waals surface area contributed by atoms with Gasteiger partial charge in [0.05, 0.1) is 0 Å². The van der Waals surface area contributed by atoms with Crippen molar-refractivity contribution in [3.8, 4) is 23.4 Å². The highest BCUT2D eigenvalue weighted by Gasteiger charge is 2.14. The van der Waals surface area contributed by atoms with Crippen LogP contribution in [0.1, 0.15) is 43.3 Å². The van der Waals surface area contributed by atoms with Gasteiger partial charge < -0.3 is 15.1 Å². The Labute approximate surface area is 134 Å². The van der Waals surface area contributed by atoms with Gasteiger partial charge >= 0.3 is 0 Å². The van der Waals surface area contributed by atoms with Gasteiger partial charge in [-0.15, -0.1) is 0 Å². The summed E-state index contributed by atoms with van der Waals surface area (Å²) in [4.78, 5) is 16.2. The van der Waals surface area contributed by atoms with Gasteiger partial charge in [0.15, 0.2) is 34.4 Å². The van der Waals surface area contributed by atoms with E-state index in [0.717, 1.165) is 30.6 Å². The van der Waals surface area contributed by atoms with E-state index in [1.807, 2.05) is 19.9 Å². The van der Waals surface area contributed by atoms with Gasteiger partial charge in [-0.05, 0) is 37.8 Å². The molecule has 0 aliphatic rings. The third-order valence-electron chi connectivity index (χ3n) is 3.62. The lowest BCUT2D eigenvalue weighted by Crippen LogP contribution is -1.96. The number of furan rings is 1. The van der Waals surface area contributed by atoms with Crippen molar-refractivity contribution in [3.63, 3.8) is 0 Å². The summed E-state index contributed by atoms with van der Waals surface area (Å²) in [6, 6.07) is 1.90. The Hall–Kier alpha value is -2.81. The van der Waals surface area contributed by atoms with Crippen molar-refractivity contribution >= 4 is 17.0 Å². The number of fused-ring (bicyclic) bond motifs is 1. The Bertz CT molecular complexity index is 891. The second-order valence-electron chi connectivity index (χ2n) is 5.47. The third kappa shape index (κ3) is 3.04. The van der Waals surface area contributed by atoms with E-state index >= 15 is 0 Å². The molecule has 0 atom stereocenters. The zero-order valence-corrected chi connectivity index (χ0v) is 13.5. The zero-order valence-electron chi connectivity index (χ0n) is 13.5. The van der Waals surface area contributed by atoms with E-state index in [1.54, 1.807) is 0 Å². The van der Waals surface area contributed by atoms with Gasteiger partial charge in [0, 0.05) is 6.42 Å². The molecule has 0 aliphatic carbocycles. The number of aromatic nitrogens is 4. The normalized spacial score (nSPS) is 10.7. The molecule has 118 valence electrons. The number of anilines is 1. The average molecular weight is 309 g/mol. The third-order valence-corrected chi connectivity index (χ3v) is 3.62. The summed E-state index contributed by atoms with van der Waals surface area (Å²) in [5.41, 5.74) is 8.16. The molecule has 0 aliphatic heterocycles. The molecule has 0 fully saturated rings. The molecule has 0 amide bonds. The maximum Gasteiger partial charge on any atom is 0.199 e. The summed E-state index contributed by atoms with van der Waals surface area (Å²) >= 11 is 0. The van der Waals surface area contributed by atoms with E-state index in [4.69, 9.17) is 10.2 Å². The van der Waals surface area contributed by atoms with Crippen LogP contribution in [0.2, 0.25) is 0 Å². The van der Waals surface area contributed by atoms with Crippen LogP contribution in [0.25, 0.3) is 22.7 Å². The van der Waals surface area contributed by atoms with Crippen LogP contribution in [0.4, 0.5) is 5.82 Å². The number of H-pyrrole nitrogens is 1. The van der Waals surface area contributed by atoms with Crippen LogP contribution in [0.5, 0.6) is 0 Å². The van der Waals surface area contributed by atoms with Crippen LogP contribution in [-0.2, 0) is 0 Å². The van der Waals surface area contributed by atoms with Crippen molar-refractivity contribution in [1.29, 1.82) is 0 Å². The van der Waals surface area contributed by atoms with Crippen LogP contribution < -0.4 is 5.73 Å². The van der Waals surface area contributed by atoms with Crippen molar-refractivity contribution in [2.75, 3.05) is 5.73 Å². The molecule has 0 bridgehead atoms. The largest absolute Gasteiger partial charge is 0.458 e. The molecular formula is C17H19N5O. The number of nitrogens with two attached hydrogens (primary N) is 1. The van der Waals surface area contributed by atoms with Gasteiger partial charge in [0.1, 0.15) is 5.76 Å². The first-order chi connectivity index (χ1) is 11.1. The zero-order chi connectivity index (χ0) is 16.4. The predicted molar refractivity (Wildman–Crippen MR) is 89.7 cm³/mol. The topological polar surface area (TPSA) is 93.6 Å². The van der Waals surface area contributed by atoms with Crippen molar-refractivity contribution in [2.24, 2.45) is 0 Å². The number of nitrogens with zero attached hydrogens (tertiary/aromatic N) is 3.